The third-order valence-corrected chi connectivity index (χ3v) is 5.53. The van der Waals surface area contributed by atoms with Gasteiger partial charge in [0.2, 0.25) is 23.6 Å². The van der Waals surface area contributed by atoms with Crippen LogP contribution in [-0.2, 0) is 19.2 Å². The second kappa shape index (κ2) is 18.2. The lowest BCUT2D eigenvalue weighted by Gasteiger charge is -2.24. The third-order valence-electron chi connectivity index (χ3n) is 5.53. The molecule has 204 valence electrons. The zero-order valence-corrected chi connectivity index (χ0v) is 23.5. The van der Waals surface area contributed by atoms with E-state index in [0.29, 0.717) is 69.1 Å². The summed E-state index contributed by atoms with van der Waals surface area (Å²) >= 11 is 0. The fraction of sp³-hybridized carbons (Fsp3) is 0.852. The highest BCUT2D eigenvalue weighted by molar-refractivity contribution is 5.83. The van der Waals surface area contributed by atoms with Gasteiger partial charge in [0, 0.05) is 50.9 Å². The van der Waals surface area contributed by atoms with Crippen LogP contribution >= 0.6 is 0 Å². The van der Waals surface area contributed by atoms with Crippen molar-refractivity contribution in [1.82, 2.24) is 21.3 Å². The Morgan fingerprint density at radius 1 is 0.486 bits per heavy atom. The molecule has 0 bridgehead atoms. The molecule has 0 aliphatic heterocycles. The monoisotopic (exact) mass is 496 g/mol. The van der Waals surface area contributed by atoms with Crippen LogP contribution in [0.5, 0.6) is 0 Å². The van der Waals surface area contributed by atoms with Crippen molar-refractivity contribution in [1.29, 1.82) is 0 Å². The molecule has 0 aliphatic carbocycles. The number of hydrogen-bond donors (Lipinski definition) is 4. The zero-order valence-electron chi connectivity index (χ0n) is 23.5. The molecule has 0 aromatic carbocycles. The van der Waals surface area contributed by atoms with E-state index in [-0.39, 0.29) is 36.5 Å². The second-order valence-electron chi connectivity index (χ2n) is 11.4. The average Bonchev–Trinajstić information content (AvgIpc) is 2.77. The first-order valence-corrected chi connectivity index (χ1v) is 13.4. The van der Waals surface area contributed by atoms with Gasteiger partial charge in [-0.2, -0.15) is 0 Å². The molecule has 0 radical (unpaired) electrons. The van der Waals surface area contributed by atoms with E-state index in [9.17, 15) is 19.2 Å². The summed E-state index contributed by atoms with van der Waals surface area (Å²) < 4.78 is 0. The average molecular weight is 497 g/mol. The summed E-state index contributed by atoms with van der Waals surface area (Å²) in [5.74, 6) is -0.127. The van der Waals surface area contributed by atoms with Gasteiger partial charge in [-0.05, 0) is 42.9 Å². The van der Waals surface area contributed by atoms with Gasteiger partial charge in [0.1, 0.15) is 0 Å². The van der Waals surface area contributed by atoms with E-state index in [2.05, 4.69) is 21.3 Å². The van der Waals surface area contributed by atoms with E-state index >= 15 is 0 Å². The van der Waals surface area contributed by atoms with Gasteiger partial charge in [0.15, 0.2) is 0 Å². The molecule has 0 heterocycles. The van der Waals surface area contributed by atoms with E-state index in [0.717, 1.165) is 0 Å². The highest BCUT2D eigenvalue weighted by Crippen LogP contribution is 2.23. The molecule has 2 atom stereocenters. The molecule has 8 nitrogen and oxygen atoms in total. The summed E-state index contributed by atoms with van der Waals surface area (Å²) in [5.41, 5.74) is 0. The molecule has 0 rings (SSSR count). The van der Waals surface area contributed by atoms with Crippen molar-refractivity contribution in [3.05, 3.63) is 0 Å². The Morgan fingerprint density at radius 2 is 0.771 bits per heavy atom. The number of carbonyl (C=O) groups excluding carboxylic acids is 4. The summed E-state index contributed by atoms with van der Waals surface area (Å²) in [6.07, 6.45) is 1.48. The summed E-state index contributed by atoms with van der Waals surface area (Å²) in [4.78, 5) is 50.6. The summed E-state index contributed by atoms with van der Waals surface area (Å²) in [7, 11) is 0. The fourth-order valence-electron chi connectivity index (χ4n) is 3.38. The molecule has 0 fully saturated rings. The van der Waals surface area contributed by atoms with Crippen LogP contribution in [0.3, 0.4) is 0 Å². The quantitative estimate of drug-likeness (QED) is 0.233. The van der Waals surface area contributed by atoms with Gasteiger partial charge in [-0.3, -0.25) is 19.2 Å². The fourth-order valence-corrected chi connectivity index (χ4v) is 3.38. The number of rotatable bonds is 18. The maximum Gasteiger partial charge on any atom is 0.223 e. The Morgan fingerprint density at radius 3 is 1.06 bits per heavy atom. The van der Waals surface area contributed by atoms with Gasteiger partial charge in [-0.1, -0.05) is 55.4 Å². The molecule has 0 aromatic rings. The van der Waals surface area contributed by atoms with Crippen LogP contribution in [-0.4, -0.2) is 49.8 Å². The zero-order chi connectivity index (χ0) is 27.0. The molecule has 0 saturated heterocycles. The topological polar surface area (TPSA) is 116 Å². The summed E-state index contributed by atoms with van der Waals surface area (Å²) in [6.45, 7) is 18.5. The van der Waals surface area contributed by atoms with Crippen molar-refractivity contribution in [2.24, 2.45) is 35.5 Å². The molecule has 0 spiro atoms. The maximum atomic E-state index is 13.0. The first-order valence-electron chi connectivity index (χ1n) is 13.4. The minimum atomic E-state index is -0.480. The Kier molecular flexibility index (Phi) is 17.1. The van der Waals surface area contributed by atoms with Gasteiger partial charge >= 0.3 is 0 Å². The largest absolute Gasteiger partial charge is 0.356 e. The third kappa shape index (κ3) is 17.9. The normalized spacial score (nSPS) is 13.1. The minimum absolute atomic E-state index is 0.0887. The lowest BCUT2D eigenvalue weighted by atomic mass is 9.86. The highest BCUT2D eigenvalue weighted by Gasteiger charge is 2.28. The summed E-state index contributed by atoms with van der Waals surface area (Å²) in [5, 5.41) is 11.7. The van der Waals surface area contributed by atoms with E-state index in [4.69, 9.17) is 0 Å². The van der Waals surface area contributed by atoms with Crippen molar-refractivity contribution in [2.45, 2.75) is 87.5 Å². The molecular formula is C27H52N4O4. The van der Waals surface area contributed by atoms with Crippen LogP contribution < -0.4 is 21.3 Å². The second-order valence-corrected chi connectivity index (χ2v) is 11.4. The maximum absolute atomic E-state index is 13.0. The van der Waals surface area contributed by atoms with Gasteiger partial charge in [0.05, 0.1) is 0 Å². The van der Waals surface area contributed by atoms with Crippen molar-refractivity contribution >= 4 is 23.6 Å². The van der Waals surface area contributed by atoms with Crippen LogP contribution in [0.4, 0.5) is 0 Å². The van der Waals surface area contributed by atoms with Crippen LogP contribution in [0.15, 0.2) is 0 Å². The smallest absolute Gasteiger partial charge is 0.223 e. The Bertz CT molecular complexity index is 593. The van der Waals surface area contributed by atoms with E-state index in [1.165, 1.54) is 0 Å². The van der Waals surface area contributed by atoms with Crippen molar-refractivity contribution in [3.63, 3.8) is 0 Å². The van der Waals surface area contributed by atoms with Gasteiger partial charge in [-0.25, -0.2) is 0 Å². The molecule has 0 aromatic heterocycles. The van der Waals surface area contributed by atoms with Crippen LogP contribution in [0.2, 0.25) is 0 Å². The molecule has 4 amide bonds. The van der Waals surface area contributed by atoms with E-state index < -0.39 is 11.8 Å². The minimum Gasteiger partial charge on any atom is -0.356 e. The molecule has 0 aliphatic rings. The predicted octanol–water partition coefficient (Wildman–Crippen LogP) is 3.26. The lowest BCUT2D eigenvalue weighted by Crippen LogP contribution is -2.39. The molecule has 35 heavy (non-hydrogen) atoms. The Balaban J connectivity index is 5.38. The Labute approximate surface area is 213 Å². The standard InChI is InChI=1S/C27H52N4O4/c1-18(2)14-28-24(32)11-9-22(26(34)30-16-20(5)6)13-23(27(35)31-17-21(7)8)10-12-25(33)29-15-19(3)4/h18-23H,9-17H2,1-8H3,(H,28,32)(H,29,33)(H,30,34)(H,31,35)/t22-,23+. The van der Waals surface area contributed by atoms with Crippen molar-refractivity contribution < 1.29 is 19.2 Å². The highest BCUT2D eigenvalue weighted by atomic mass is 16.2. The van der Waals surface area contributed by atoms with E-state index in [1.807, 2.05) is 55.4 Å². The predicted molar refractivity (Wildman–Crippen MR) is 141 cm³/mol. The molecule has 8 heteroatoms. The van der Waals surface area contributed by atoms with Crippen LogP contribution in [0, 0.1) is 35.5 Å². The number of carbonyl (C=O) groups is 4. The van der Waals surface area contributed by atoms with Crippen molar-refractivity contribution in [2.75, 3.05) is 26.2 Å². The SMILES string of the molecule is CC(C)CNC(=O)CC[C@H](C[C@H](CCC(=O)NCC(C)C)C(=O)NCC(C)C)C(=O)NCC(C)C. The van der Waals surface area contributed by atoms with Gasteiger partial charge in [0.25, 0.3) is 0 Å². The number of amides is 4. The number of nitrogens with one attached hydrogen (secondary N) is 4. The first kappa shape index (κ1) is 32.9. The van der Waals surface area contributed by atoms with Gasteiger partial charge < -0.3 is 21.3 Å². The molecule has 4 N–H and O–H groups in total. The molecule has 0 unspecified atom stereocenters. The van der Waals surface area contributed by atoms with Gasteiger partial charge in [-0.15, -0.1) is 0 Å². The van der Waals surface area contributed by atoms with Crippen molar-refractivity contribution in [3.8, 4) is 0 Å². The van der Waals surface area contributed by atoms with Crippen LogP contribution in [0.1, 0.15) is 87.5 Å². The lowest BCUT2D eigenvalue weighted by molar-refractivity contribution is -0.129. The number of hydrogen-bond acceptors (Lipinski definition) is 4. The Hall–Kier alpha value is -2.12. The summed E-state index contributed by atoms with van der Waals surface area (Å²) in [6, 6.07) is 0. The molecule has 0 saturated carbocycles. The van der Waals surface area contributed by atoms with Crippen LogP contribution in [0.25, 0.3) is 0 Å². The van der Waals surface area contributed by atoms with E-state index in [1.54, 1.807) is 0 Å². The first-order chi connectivity index (χ1) is 16.3. The molecular weight excluding hydrogens is 444 g/mol.